The van der Waals surface area contributed by atoms with E-state index in [9.17, 15) is 36.4 Å². The van der Waals surface area contributed by atoms with Crippen LogP contribution in [0.2, 0.25) is 0 Å². The number of aromatic amines is 1. The number of benzene rings is 2. The average molecular weight is 709 g/mol. The number of quaternary nitrogens is 1. The van der Waals surface area contributed by atoms with E-state index in [-0.39, 0.29) is 46.2 Å². The normalized spacial score (nSPS) is 14.9. The van der Waals surface area contributed by atoms with E-state index in [4.69, 9.17) is 14.6 Å². The van der Waals surface area contributed by atoms with Gasteiger partial charge in [0.15, 0.2) is 0 Å². The quantitative estimate of drug-likeness (QED) is 0.181. The number of esters is 1. The van der Waals surface area contributed by atoms with Gasteiger partial charge in [-0.15, -0.1) is 5.10 Å². The van der Waals surface area contributed by atoms with Crippen molar-refractivity contribution in [1.29, 1.82) is 5.26 Å². The highest BCUT2D eigenvalue weighted by molar-refractivity contribution is 7.89. The number of carboxylic acid groups (broad SMARTS) is 1. The van der Waals surface area contributed by atoms with Crippen LogP contribution in [-0.2, 0) is 37.1 Å². The van der Waals surface area contributed by atoms with E-state index in [0.29, 0.717) is 29.7 Å². The minimum absolute atomic E-state index is 0.0120. The molecule has 0 fully saturated rings. The molecule has 2 aromatic carbocycles. The van der Waals surface area contributed by atoms with E-state index in [2.05, 4.69) is 16.3 Å². The number of hydrogen-bond acceptors (Lipinski definition) is 9. The maximum atomic E-state index is 13.6. The summed E-state index contributed by atoms with van der Waals surface area (Å²) in [7, 11) is 4.45. The van der Waals surface area contributed by atoms with Crippen molar-refractivity contribution in [1.82, 2.24) is 19.1 Å². The Labute approximate surface area is 280 Å². The van der Waals surface area contributed by atoms with Crippen LogP contribution in [0.1, 0.15) is 41.6 Å². The topological polar surface area (TPSA) is 179 Å². The fourth-order valence-corrected chi connectivity index (χ4v) is 6.41. The second-order valence-electron chi connectivity index (χ2n) is 11.9. The van der Waals surface area contributed by atoms with Gasteiger partial charge in [-0.2, -0.15) is 18.4 Å². The van der Waals surface area contributed by atoms with Crippen LogP contribution >= 0.6 is 0 Å². The van der Waals surface area contributed by atoms with Crippen LogP contribution in [0.4, 0.5) is 24.8 Å². The van der Waals surface area contributed by atoms with Gasteiger partial charge in [0.25, 0.3) is 6.47 Å². The number of H-pyrrole nitrogens is 1. The molecule has 2 heterocycles. The predicted octanol–water partition coefficient (Wildman–Crippen LogP) is 3.21. The number of rotatable bonds is 10. The van der Waals surface area contributed by atoms with Crippen LogP contribution < -0.4 is 10.6 Å². The summed E-state index contributed by atoms with van der Waals surface area (Å²) in [5.74, 6) is -0.947. The number of allylic oxidation sites excluding steroid dienone is 1. The van der Waals surface area contributed by atoms with Gasteiger partial charge >= 0.3 is 17.8 Å². The van der Waals surface area contributed by atoms with Gasteiger partial charge in [0.1, 0.15) is 12.6 Å². The molecule has 0 unspecified atom stereocenters. The van der Waals surface area contributed by atoms with Crippen molar-refractivity contribution < 1.29 is 45.5 Å². The summed E-state index contributed by atoms with van der Waals surface area (Å²) in [6.07, 6.45) is -4.31. The number of fused-ring (bicyclic) bond motifs is 1. The average Bonchev–Trinajstić information content (AvgIpc) is 3.40. The third-order valence-electron chi connectivity index (χ3n) is 7.87. The molecule has 0 spiro atoms. The van der Waals surface area contributed by atoms with Crippen LogP contribution in [0.3, 0.4) is 0 Å². The number of anilines is 2. The van der Waals surface area contributed by atoms with Crippen LogP contribution in [0.25, 0.3) is 0 Å². The Hall–Kier alpha value is -4.99. The minimum Gasteiger partial charge on any atom is -0.483 e. The molecular weight excluding hydrogens is 671 g/mol. The van der Waals surface area contributed by atoms with Crippen LogP contribution in [0.15, 0.2) is 58.5 Å². The van der Waals surface area contributed by atoms with Crippen LogP contribution in [0, 0.1) is 11.3 Å². The van der Waals surface area contributed by atoms with Crippen molar-refractivity contribution in [2.24, 2.45) is 0 Å². The number of carbonyl (C=O) groups is 2. The number of aromatic nitrogens is 3. The third-order valence-corrected chi connectivity index (χ3v) is 9.78. The van der Waals surface area contributed by atoms with Crippen molar-refractivity contribution in [2.75, 3.05) is 52.5 Å². The Morgan fingerprint density at radius 1 is 1.22 bits per heavy atom. The van der Waals surface area contributed by atoms with E-state index < -0.39 is 39.5 Å². The molecule has 49 heavy (non-hydrogen) atoms. The lowest BCUT2D eigenvalue weighted by atomic mass is 9.89. The zero-order chi connectivity index (χ0) is 36.9. The Bertz CT molecular complexity index is 1940. The second-order valence-corrected chi connectivity index (χ2v) is 14.2. The molecule has 0 saturated carbocycles. The van der Waals surface area contributed by atoms with Gasteiger partial charge in [-0.3, -0.25) is 9.69 Å². The summed E-state index contributed by atoms with van der Waals surface area (Å²) in [6, 6.07) is 10.2. The molecule has 1 aliphatic heterocycles. The fraction of sp³-hybridized carbons (Fsp3) is 0.387. The standard InChI is InChI=1S/C30H34F3N7O5S.CH2O2/c1-19-25(27(41)45-6)26(39-28(35-36-29(39)42)38(19)23-10-7-9-22(16-23)30(31,32)33)24-12-11-20(17-34)15-21(24)18-40(4,5)13-8-14-46(43,44)37(2)3;2-1-3/h7,9-12,15-16,26H,8,13-14,18H2,1-6H3;1H,(H,2,3)/p+1/t26-;/m1./s1. The highest BCUT2D eigenvalue weighted by Crippen LogP contribution is 2.43. The van der Waals surface area contributed by atoms with E-state index in [0.717, 1.165) is 23.5 Å². The number of halogens is 3. The number of sulfonamides is 1. The lowest BCUT2D eigenvalue weighted by Crippen LogP contribution is -2.42. The highest BCUT2D eigenvalue weighted by Gasteiger charge is 2.41. The first-order chi connectivity index (χ1) is 22.8. The summed E-state index contributed by atoms with van der Waals surface area (Å²) in [5.41, 5.74) is -0.136. The molecule has 0 saturated heterocycles. The molecule has 14 nitrogen and oxygen atoms in total. The predicted molar refractivity (Wildman–Crippen MR) is 172 cm³/mol. The zero-order valence-corrected chi connectivity index (χ0v) is 28.5. The van der Waals surface area contributed by atoms with Crippen LogP contribution in [0.5, 0.6) is 0 Å². The number of nitrogens with zero attached hydrogens (tertiary/aromatic N) is 6. The Kier molecular flexibility index (Phi) is 11.8. The fourth-order valence-electron chi connectivity index (χ4n) is 5.56. The number of ether oxygens (including phenoxy) is 1. The van der Waals surface area contributed by atoms with Crippen molar-refractivity contribution in [3.05, 3.63) is 86.5 Å². The van der Waals surface area contributed by atoms with Crippen LogP contribution in [-0.4, -0.2) is 97.1 Å². The number of hydrogen-bond donors (Lipinski definition) is 2. The summed E-state index contributed by atoms with van der Waals surface area (Å²) in [6.45, 7) is 1.99. The van der Waals surface area contributed by atoms with Crippen molar-refractivity contribution in [3.8, 4) is 6.07 Å². The highest BCUT2D eigenvalue weighted by atomic mass is 32.2. The molecule has 1 aromatic heterocycles. The summed E-state index contributed by atoms with van der Waals surface area (Å²) in [4.78, 5) is 36.5. The number of nitriles is 1. The summed E-state index contributed by atoms with van der Waals surface area (Å²) >= 11 is 0. The Morgan fingerprint density at radius 2 is 1.88 bits per heavy atom. The molecular formula is C31H37F3N7O7S+. The van der Waals surface area contributed by atoms with Gasteiger partial charge in [0, 0.05) is 37.5 Å². The molecule has 0 radical (unpaired) electrons. The van der Waals surface area contributed by atoms with Crippen molar-refractivity contribution in [2.45, 2.75) is 32.1 Å². The van der Waals surface area contributed by atoms with Gasteiger partial charge < -0.3 is 14.3 Å². The van der Waals surface area contributed by atoms with Gasteiger partial charge in [-0.05, 0) is 42.8 Å². The molecule has 1 aliphatic rings. The molecule has 2 N–H and O–H groups in total. The molecule has 18 heteroatoms. The smallest absolute Gasteiger partial charge is 0.416 e. The van der Waals surface area contributed by atoms with Gasteiger partial charge in [-0.25, -0.2) is 32.0 Å². The first-order valence-electron chi connectivity index (χ1n) is 14.6. The summed E-state index contributed by atoms with van der Waals surface area (Å²) < 4.78 is 73.4. The molecule has 0 aliphatic carbocycles. The van der Waals surface area contributed by atoms with Gasteiger partial charge in [-0.1, -0.05) is 12.1 Å². The number of methoxy groups -OCH3 is 1. The lowest BCUT2D eigenvalue weighted by molar-refractivity contribution is -0.903. The Balaban J connectivity index is 0.00000209. The first-order valence-corrected chi connectivity index (χ1v) is 16.2. The molecule has 0 amide bonds. The molecule has 3 aromatic rings. The Morgan fingerprint density at radius 3 is 2.45 bits per heavy atom. The monoisotopic (exact) mass is 708 g/mol. The van der Waals surface area contributed by atoms with Crippen molar-refractivity contribution in [3.63, 3.8) is 0 Å². The van der Waals surface area contributed by atoms with Gasteiger partial charge in [0.2, 0.25) is 16.0 Å². The molecule has 4 rings (SSSR count). The maximum absolute atomic E-state index is 13.6. The minimum atomic E-state index is -4.65. The summed E-state index contributed by atoms with van der Waals surface area (Å²) in [5, 5.41) is 23.1. The number of nitrogens with one attached hydrogen (secondary N) is 1. The molecule has 1 atom stereocenters. The lowest BCUT2D eigenvalue weighted by Gasteiger charge is -2.37. The zero-order valence-electron chi connectivity index (χ0n) is 27.6. The number of carbonyl (C=O) groups excluding carboxylic acids is 1. The maximum Gasteiger partial charge on any atom is 0.416 e. The molecule has 264 valence electrons. The molecule has 0 bridgehead atoms. The SMILES string of the molecule is COC(=O)C1=C(C)N(c2cccc(C(F)(F)F)c2)c2n[nH]c(=O)n2[C@@H]1c1ccc(C#N)cc1C[N+](C)(C)CCCS(=O)(=O)N(C)C.O=CO. The number of alkyl halides is 3. The van der Waals surface area contributed by atoms with E-state index >= 15 is 0 Å². The second kappa shape index (κ2) is 15.1. The van der Waals surface area contributed by atoms with E-state index in [1.807, 2.05) is 14.1 Å². The van der Waals surface area contributed by atoms with E-state index in [1.165, 1.54) is 48.7 Å². The third kappa shape index (κ3) is 8.54. The largest absolute Gasteiger partial charge is 0.483 e. The first kappa shape index (κ1) is 38.5. The van der Waals surface area contributed by atoms with Gasteiger partial charge in [0.05, 0.1) is 56.3 Å². The van der Waals surface area contributed by atoms with Crippen molar-refractivity contribution >= 4 is 34.1 Å². The van der Waals surface area contributed by atoms with E-state index in [1.54, 1.807) is 12.1 Å².